The van der Waals surface area contributed by atoms with Crippen LogP contribution in [-0.4, -0.2) is 21.5 Å². The molecule has 7 heteroatoms. The van der Waals surface area contributed by atoms with Crippen LogP contribution in [0.15, 0.2) is 12.3 Å². The minimum Gasteiger partial charge on any atom is -0.444 e. The summed E-state index contributed by atoms with van der Waals surface area (Å²) in [6, 6.07) is 0.985. The first-order chi connectivity index (χ1) is 9.10. The molecule has 1 atom stereocenters. The zero-order valence-corrected chi connectivity index (χ0v) is 12.4. The Bertz CT molecular complexity index is 453. The summed E-state index contributed by atoms with van der Waals surface area (Å²) in [5, 5.41) is 6.44. The molecule has 1 aromatic heterocycles. The van der Waals surface area contributed by atoms with Crippen molar-refractivity contribution in [2.75, 3.05) is 0 Å². The molecule has 0 bridgehead atoms. The minimum atomic E-state index is -2.70. The first-order valence-electron chi connectivity index (χ1n) is 6.43. The Morgan fingerprint density at radius 3 is 2.40 bits per heavy atom. The lowest BCUT2D eigenvalue weighted by atomic mass is 10.0. The number of hydrogen-bond donors (Lipinski definition) is 1. The summed E-state index contributed by atoms with van der Waals surface area (Å²) in [6.07, 6.45) is 0.592. The van der Waals surface area contributed by atoms with Crippen LogP contribution in [0.5, 0.6) is 0 Å². The summed E-state index contributed by atoms with van der Waals surface area (Å²) < 4.78 is 30.8. The molecule has 0 aliphatic heterocycles. The Balaban J connectivity index is 2.81. The molecule has 0 aromatic carbocycles. The standard InChI is InChI=1S/C13H21F2N3O2/c1-8(2)10(16-12(19)20-13(3,4)5)9-6-7-18(17-9)11(14)15/h6-8,10-11H,1-5H3,(H,16,19)/t10-/m0/s1. The zero-order chi connectivity index (χ0) is 15.5. The molecule has 20 heavy (non-hydrogen) atoms. The molecule has 1 N–H and O–H groups in total. The number of amides is 1. The van der Waals surface area contributed by atoms with Gasteiger partial charge in [0.2, 0.25) is 0 Å². The van der Waals surface area contributed by atoms with Crippen LogP contribution in [0.25, 0.3) is 0 Å². The van der Waals surface area contributed by atoms with E-state index < -0.39 is 24.3 Å². The summed E-state index contributed by atoms with van der Waals surface area (Å²) in [5.41, 5.74) is -0.236. The van der Waals surface area contributed by atoms with Crippen molar-refractivity contribution in [1.82, 2.24) is 15.1 Å². The smallest absolute Gasteiger partial charge is 0.408 e. The predicted octanol–water partition coefficient (Wildman–Crippen LogP) is 3.50. The highest BCUT2D eigenvalue weighted by molar-refractivity contribution is 5.68. The highest BCUT2D eigenvalue weighted by Gasteiger charge is 2.25. The van der Waals surface area contributed by atoms with Gasteiger partial charge in [-0.3, -0.25) is 0 Å². The van der Waals surface area contributed by atoms with Gasteiger partial charge in [-0.1, -0.05) is 13.8 Å². The van der Waals surface area contributed by atoms with Gasteiger partial charge in [-0.05, 0) is 32.8 Å². The predicted molar refractivity (Wildman–Crippen MR) is 70.4 cm³/mol. The lowest BCUT2D eigenvalue weighted by Crippen LogP contribution is -2.37. The average molecular weight is 289 g/mol. The third-order valence-electron chi connectivity index (χ3n) is 2.49. The molecule has 1 heterocycles. The molecule has 0 radical (unpaired) electrons. The Morgan fingerprint density at radius 2 is 2.00 bits per heavy atom. The molecular weight excluding hydrogens is 268 g/mol. The number of hydrogen-bond acceptors (Lipinski definition) is 3. The SMILES string of the molecule is CC(C)[C@H](NC(=O)OC(C)(C)C)c1ccn(C(F)F)n1. The van der Waals surface area contributed by atoms with E-state index in [1.807, 2.05) is 13.8 Å². The van der Waals surface area contributed by atoms with Crippen molar-refractivity contribution < 1.29 is 18.3 Å². The van der Waals surface area contributed by atoms with Crippen molar-refractivity contribution in [1.29, 1.82) is 0 Å². The second-order valence-electron chi connectivity index (χ2n) is 5.87. The van der Waals surface area contributed by atoms with E-state index in [0.29, 0.717) is 10.4 Å². The fourth-order valence-electron chi connectivity index (χ4n) is 1.64. The van der Waals surface area contributed by atoms with Crippen LogP contribution < -0.4 is 5.32 Å². The van der Waals surface area contributed by atoms with E-state index in [1.165, 1.54) is 12.3 Å². The molecule has 0 saturated heterocycles. The van der Waals surface area contributed by atoms with Gasteiger partial charge in [-0.2, -0.15) is 13.9 Å². The number of ether oxygens (including phenoxy) is 1. The summed E-state index contributed by atoms with van der Waals surface area (Å²) in [7, 11) is 0. The van der Waals surface area contributed by atoms with Crippen molar-refractivity contribution >= 4 is 6.09 Å². The van der Waals surface area contributed by atoms with E-state index in [9.17, 15) is 13.6 Å². The van der Waals surface area contributed by atoms with Gasteiger partial charge in [-0.25, -0.2) is 9.48 Å². The molecule has 0 saturated carbocycles. The Morgan fingerprint density at radius 1 is 1.40 bits per heavy atom. The van der Waals surface area contributed by atoms with Crippen LogP contribution in [0.2, 0.25) is 0 Å². The molecule has 5 nitrogen and oxygen atoms in total. The molecule has 0 spiro atoms. The zero-order valence-electron chi connectivity index (χ0n) is 12.4. The fraction of sp³-hybridized carbons (Fsp3) is 0.692. The van der Waals surface area contributed by atoms with Crippen molar-refractivity contribution in [2.24, 2.45) is 5.92 Å². The lowest BCUT2D eigenvalue weighted by Gasteiger charge is -2.24. The summed E-state index contributed by atoms with van der Waals surface area (Å²) in [6.45, 7) is 6.29. The van der Waals surface area contributed by atoms with Gasteiger partial charge in [0, 0.05) is 6.20 Å². The van der Waals surface area contributed by atoms with E-state index in [-0.39, 0.29) is 5.92 Å². The average Bonchev–Trinajstić information content (AvgIpc) is 2.71. The molecule has 0 aliphatic rings. The maximum Gasteiger partial charge on any atom is 0.408 e. The van der Waals surface area contributed by atoms with Gasteiger partial charge in [0.1, 0.15) is 5.60 Å². The Kier molecular flexibility index (Phi) is 5.08. The first kappa shape index (κ1) is 16.4. The summed E-state index contributed by atoms with van der Waals surface area (Å²) >= 11 is 0. The van der Waals surface area contributed by atoms with Crippen molar-refractivity contribution in [2.45, 2.75) is 52.8 Å². The first-order valence-corrected chi connectivity index (χ1v) is 6.43. The minimum absolute atomic E-state index is 0.0106. The second kappa shape index (κ2) is 6.19. The van der Waals surface area contributed by atoms with E-state index in [0.717, 1.165) is 0 Å². The molecule has 1 amide bonds. The summed E-state index contributed by atoms with van der Waals surface area (Å²) in [4.78, 5) is 11.8. The monoisotopic (exact) mass is 289 g/mol. The van der Waals surface area contributed by atoms with Crippen LogP contribution in [-0.2, 0) is 4.74 Å². The molecule has 0 unspecified atom stereocenters. The maximum atomic E-state index is 12.5. The van der Waals surface area contributed by atoms with Crippen molar-refractivity contribution in [3.05, 3.63) is 18.0 Å². The molecule has 1 aromatic rings. The van der Waals surface area contributed by atoms with Crippen LogP contribution in [0.3, 0.4) is 0 Å². The van der Waals surface area contributed by atoms with Gasteiger partial charge >= 0.3 is 12.6 Å². The molecule has 1 rings (SSSR count). The third kappa shape index (κ3) is 4.79. The lowest BCUT2D eigenvalue weighted by molar-refractivity contribution is 0.0481. The topological polar surface area (TPSA) is 56.1 Å². The van der Waals surface area contributed by atoms with Gasteiger partial charge in [0.25, 0.3) is 0 Å². The number of aromatic nitrogens is 2. The number of halogens is 2. The maximum absolute atomic E-state index is 12.5. The van der Waals surface area contributed by atoms with Gasteiger partial charge in [0.15, 0.2) is 0 Å². The van der Waals surface area contributed by atoms with E-state index in [2.05, 4.69) is 10.4 Å². The van der Waals surface area contributed by atoms with Crippen LogP contribution in [0, 0.1) is 5.92 Å². The highest BCUT2D eigenvalue weighted by Crippen LogP contribution is 2.22. The van der Waals surface area contributed by atoms with Gasteiger partial charge in [-0.15, -0.1) is 0 Å². The number of rotatable bonds is 4. The molecule has 0 fully saturated rings. The quantitative estimate of drug-likeness (QED) is 0.923. The number of alkyl carbamates (subject to hydrolysis) is 1. The normalized spacial score (nSPS) is 13.7. The number of alkyl halides is 2. The fourth-order valence-corrected chi connectivity index (χ4v) is 1.64. The number of carbonyl (C=O) groups excluding carboxylic acids is 1. The third-order valence-corrected chi connectivity index (χ3v) is 2.49. The largest absolute Gasteiger partial charge is 0.444 e. The molecular formula is C13H21F2N3O2. The van der Waals surface area contributed by atoms with E-state index in [4.69, 9.17) is 4.74 Å². The number of carbonyl (C=O) groups is 1. The highest BCUT2D eigenvalue weighted by atomic mass is 19.3. The second-order valence-corrected chi connectivity index (χ2v) is 5.87. The van der Waals surface area contributed by atoms with Crippen molar-refractivity contribution in [3.8, 4) is 0 Å². The summed E-state index contributed by atoms with van der Waals surface area (Å²) in [5.74, 6) is -0.0106. The van der Waals surface area contributed by atoms with Crippen LogP contribution in [0.1, 0.15) is 52.9 Å². The molecule has 114 valence electrons. The van der Waals surface area contributed by atoms with Crippen molar-refractivity contribution in [3.63, 3.8) is 0 Å². The Labute approximate surface area is 117 Å². The Hall–Kier alpha value is -1.66. The van der Waals surface area contributed by atoms with E-state index in [1.54, 1.807) is 20.8 Å². The van der Waals surface area contributed by atoms with Gasteiger partial charge in [0.05, 0.1) is 11.7 Å². The molecule has 0 aliphatic carbocycles. The van der Waals surface area contributed by atoms with E-state index >= 15 is 0 Å². The number of nitrogens with one attached hydrogen (secondary N) is 1. The van der Waals surface area contributed by atoms with Crippen LogP contribution >= 0.6 is 0 Å². The van der Waals surface area contributed by atoms with Gasteiger partial charge < -0.3 is 10.1 Å². The van der Waals surface area contributed by atoms with Crippen LogP contribution in [0.4, 0.5) is 13.6 Å². The number of nitrogens with zero attached hydrogens (tertiary/aromatic N) is 2.